The molecule has 0 saturated heterocycles. The molecule has 160 valence electrons. The summed E-state index contributed by atoms with van der Waals surface area (Å²) in [5, 5.41) is 14.9. The second-order valence-corrected chi connectivity index (χ2v) is 7.88. The molecule has 0 spiro atoms. The van der Waals surface area contributed by atoms with Gasteiger partial charge in [0.2, 0.25) is 11.8 Å². The van der Waals surface area contributed by atoms with Crippen LogP contribution in [0.2, 0.25) is 0 Å². The lowest BCUT2D eigenvalue weighted by atomic mass is 10.2. The summed E-state index contributed by atoms with van der Waals surface area (Å²) < 4.78 is 5.81. The van der Waals surface area contributed by atoms with Gasteiger partial charge in [0, 0.05) is 35.8 Å². The molecule has 0 saturated carbocycles. The van der Waals surface area contributed by atoms with E-state index in [9.17, 15) is 9.59 Å². The molecule has 0 fully saturated rings. The number of rotatable bonds is 8. The van der Waals surface area contributed by atoms with Crippen LogP contribution in [0, 0.1) is 11.3 Å². The van der Waals surface area contributed by atoms with Crippen LogP contribution in [-0.4, -0.2) is 23.3 Å². The van der Waals surface area contributed by atoms with Crippen molar-refractivity contribution in [3.63, 3.8) is 0 Å². The first-order valence-corrected chi connectivity index (χ1v) is 11.0. The summed E-state index contributed by atoms with van der Waals surface area (Å²) in [7, 11) is 0. The Morgan fingerprint density at radius 2 is 1.88 bits per heavy atom. The van der Waals surface area contributed by atoms with E-state index in [2.05, 4.69) is 16.4 Å². The van der Waals surface area contributed by atoms with Crippen LogP contribution in [0.15, 0.2) is 70.5 Å². The number of hydrogen-bond acceptors (Lipinski definition) is 6. The zero-order valence-corrected chi connectivity index (χ0v) is 18.0. The van der Waals surface area contributed by atoms with Crippen molar-refractivity contribution < 1.29 is 14.0 Å². The average Bonchev–Trinajstić information content (AvgIpc) is 3.45. The fourth-order valence-electron chi connectivity index (χ4n) is 3.26. The standard InChI is InChI=1S/C24H20N4O3S/c25-13-6-14-28(18-8-2-1-3-9-18)23(30)12-11-22(29)27-24-26-19(16-32-24)21-15-17-7-4-5-10-20(17)31-21/h1-5,7-10,15-16H,6,11-12,14H2,(H,26,27,29). The maximum absolute atomic E-state index is 12.7. The van der Waals surface area contributed by atoms with Crippen molar-refractivity contribution in [1.82, 2.24) is 4.98 Å². The summed E-state index contributed by atoms with van der Waals surface area (Å²) in [6.45, 7) is 0.286. The third-order valence-corrected chi connectivity index (χ3v) is 5.57. The second-order valence-electron chi connectivity index (χ2n) is 7.02. The van der Waals surface area contributed by atoms with Gasteiger partial charge in [0.1, 0.15) is 11.3 Å². The molecule has 2 aromatic carbocycles. The van der Waals surface area contributed by atoms with E-state index >= 15 is 0 Å². The van der Waals surface area contributed by atoms with E-state index in [4.69, 9.17) is 9.68 Å². The minimum Gasteiger partial charge on any atom is -0.454 e. The molecule has 0 atom stereocenters. The highest BCUT2D eigenvalue weighted by molar-refractivity contribution is 7.14. The molecule has 1 N–H and O–H groups in total. The van der Waals surface area contributed by atoms with Crippen LogP contribution in [0.1, 0.15) is 19.3 Å². The van der Waals surface area contributed by atoms with Crippen LogP contribution in [-0.2, 0) is 9.59 Å². The molecule has 0 aliphatic rings. The molecule has 0 aliphatic carbocycles. The predicted molar refractivity (Wildman–Crippen MR) is 124 cm³/mol. The number of amides is 2. The topological polar surface area (TPSA) is 99.2 Å². The van der Waals surface area contributed by atoms with Gasteiger partial charge in [-0.05, 0) is 24.3 Å². The molecule has 2 amide bonds. The number of anilines is 2. The molecule has 32 heavy (non-hydrogen) atoms. The first-order valence-electron chi connectivity index (χ1n) is 10.1. The molecule has 8 heteroatoms. The number of para-hydroxylation sites is 2. The van der Waals surface area contributed by atoms with Crippen LogP contribution in [0.4, 0.5) is 10.8 Å². The van der Waals surface area contributed by atoms with E-state index in [1.807, 2.05) is 66.0 Å². The lowest BCUT2D eigenvalue weighted by Gasteiger charge is -2.21. The number of hydrogen-bond donors (Lipinski definition) is 1. The van der Waals surface area contributed by atoms with Crippen molar-refractivity contribution in [2.24, 2.45) is 0 Å². The molecule has 0 unspecified atom stereocenters. The monoisotopic (exact) mass is 444 g/mol. The Bertz CT molecular complexity index is 1240. The minimum atomic E-state index is -0.294. The number of nitrogens with zero attached hydrogens (tertiary/aromatic N) is 3. The number of carbonyl (C=O) groups is 2. The third kappa shape index (κ3) is 5.02. The molecule has 0 radical (unpaired) electrons. The Morgan fingerprint density at radius 1 is 1.09 bits per heavy atom. The van der Waals surface area contributed by atoms with E-state index in [-0.39, 0.29) is 37.6 Å². The predicted octanol–water partition coefficient (Wildman–Crippen LogP) is 5.22. The van der Waals surface area contributed by atoms with Crippen molar-refractivity contribution in [2.75, 3.05) is 16.8 Å². The van der Waals surface area contributed by atoms with Gasteiger partial charge in [-0.3, -0.25) is 9.59 Å². The fourth-order valence-corrected chi connectivity index (χ4v) is 3.97. The summed E-state index contributed by atoms with van der Waals surface area (Å²) in [5.41, 5.74) is 2.13. The molecule has 2 heterocycles. The van der Waals surface area contributed by atoms with Crippen LogP contribution >= 0.6 is 11.3 Å². The Hall–Kier alpha value is -3.96. The van der Waals surface area contributed by atoms with E-state index in [1.165, 1.54) is 11.3 Å². The van der Waals surface area contributed by atoms with Gasteiger partial charge in [-0.1, -0.05) is 36.4 Å². The number of aromatic nitrogens is 1. The first-order chi connectivity index (χ1) is 15.6. The number of furan rings is 1. The normalized spacial score (nSPS) is 10.6. The van der Waals surface area contributed by atoms with Crippen LogP contribution in [0.5, 0.6) is 0 Å². The Balaban J connectivity index is 1.35. The number of fused-ring (bicyclic) bond motifs is 1. The van der Waals surface area contributed by atoms with Gasteiger partial charge in [-0.25, -0.2) is 4.98 Å². The number of carbonyl (C=O) groups excluding carboxylic acids is 2. The maximum atomic E-state index is 12.7. The summed E-state index contributed by atoms with van der Waals surface area (Å²) in [6.07, 6.45) is 0.277. The van der Waals surface area contributed by atoms with Crippen molar-refractivity contribution in [3.05, 3.63) is 66.0 Å². The van der Waals surface area contributed by atoms with Gasteiger partial charge in [0.15, 0.2) is 10.9 Å². The zero-order chi connectivity index (χ0) is 22.3. The molecule has 2 aromatic heterocycles. The van der Waals surface area contributed by atoms with Gasteiger partial charge in [0.25, 0.3) is 0 Å². The summed E-state index contributed by atoms with van der Waals surface area (Å²) >= 11 is 1.30. The summed E-state index contributed by atoms with van der Waals surface area (Å²) in [6, 6.07) is 20.8. The number of benzene rings is 2. The van der Waals surface area contributed by atoms with Crippen molar-refractivity contribution in [2.45, 2.75) is 19.3 Å². The van der Waals surface area contributed by atoms with E-state index in [1.54, 1.807) is 4.90 Å². The van der Waals surface area contributed by atoms with Gasteiger partial charge >= 0.3 is 0 Å². The van der Waals surface area contributed by atoms with Crippen LogP contribution < -0.4 is 10.2 Å². The smallest absolute Gasteiger partial charge is 0.227 e. The van der Waals surface area contributed by atoms with Gasteiger partial charge in [-0.2, -0.15) is 5.26 Å². The van der Waals surface area contributed by atoms with E-state index in [0.717, 1.165) is 11.0 Å². The molecular weight excluding hydrogens is 424 g/mol. The molecule has 7 nitrogen and oxygen atoms in total. The highest BCUT2D eigenvalue weighted by atomic mass is 32.1. The van der Waals surface area contributed by atoms with Crippen molar-refractivity contribution >= 4 is 44.9 Å². The van der Waals surface area contributed by atoms with Gasteiger partial charge < -0.3 is 14.6 Å². The van der Waals surface area contributed by atoms with Crippen LogP contribution in [0.25, 0.3) is 22.4 Å². The molecule has 0 bridgehead atoms. The van der Waals surface area contributed by atoms with Gasteiger partial charge in [0.05, 0.1) is 12.5 Å². The molecular formula is C24H20N4O3S. The highest BCUT2D eigenvalue weighted by Gasteiger charge is 2.17. The summed E-state index contributed by atoms with van der Waals surface area (Å²) in [4.78, 5) is 31.0. The number of nitriles is 1. The Labute approximate surface area is 188 Å². The van der Waals surface area contributed by atoms with Crippen LogP contribution in [0.3, 0.4) is 0 Å². The minimum absolute atomic E-state index is 0.0221. The van der Waals surface area contributed by atoms with Crippen molar-refractivity contribution in [1.29, 1.82) is 5.26 Å². The third-order valence-electron chi connectivity index (χ3n) is 4.81. The van der Waals surface area contributed by atoms with Gasteiger partial charge in [-0.15, -0.1) is 11.3 Å². The first kappa shape index (κ1) is 21.3. The van der Waals surface area contributed by atoms with E-state index in [0.29, 0.717) is 22.3 Å². The zero-order valence-electron chi connectivity index (χ0n) is 17.2. The average molecular weight is 445 g/mol. The number of nitrogens with one attached hydrogen (secondary N) is 1. The van der Waals surface area contributed by atoms with E-state index < -0.39 is 0 Å². The maximum Gasteiger partial charge on any atom is 0.227 e. The lowest BCUT2D eigenvalue weighted by molar-refractivity contribution is -0.122. The second kappa shape index (κ2) is 9.90. The van der Waals surface area contributed by atoms with Crippen molar-refractivity contribution in [3.8, 4) is 17.5 Å². The largest absolute Gasteiger partial charge is 0.454 e. The number of thiazole rings is 1. The molecule has 4 rings (SSSR count). The molecule has 4 aromatic rings. The lowest BCUT2D eigenvalue weighted by Crippen LogP contribution is -2.32. The highest BCUT2D eigenvalue weighted by Crippen LogP contribution is 2.30. The quantitative estimate of drug-likeness (QED) is 0.402. The summed E-state index contributed by atoms with van der Waals surface area (Å²) in [5.74, 6) is 0.134. The Morgan fingerprint density at radius 3 is 2.66 bits per heavy atom. The SMILES string of the molecule is N#CCCN(C(=O)CCC(=O)Nc1nc(-c2cc3ccccc3o2)cs1)c1ccccc1. The Kier molecular flexibility index (Phi) is 6.58. The fraction of sp³-hybridized carbons (Fsp3) is 0.167. The molecule has 0 aliphatic heterocycles.